The number of pyridine rings is 1. The normalized spacial score (nSPS) is 15.0. The summed E-state index contributed by atoms with van der Waals surface area (Å²) in [5.74, 6) is 0.000451. The van der Waals surface area contributed by atoms with Crippen LogP contribution in [0, 0.1) is 6.92 Å². The van der Waals surface area contributed by atoms with Crippen LogP contribution >= 0.6 is 11.6 Å². The molecule has 2 aromatic rings. The van der Waals surface area contributed by atoms with E-state index in [-0.39, 0.29) is 5.91 Å². The van der Waals surface area contributed by atoms with Crippen LogP contribution in [0.1, 0.15) is 23.1 Å². The van der Waals surface area contributed by atoms with Crippen molar-refractivity contribution >= 4 is 23.6 Å². The fourth-order valence-corrected chi connectivity index (χ4v) is 3.46. The molecule has 0 aliphatic carbocycles. The number of aromatic nitrogens is 1. The summed E-state index contributed by atoms with van der Waals surface area (Å²) < 4.78 is 5.40. The first-order valence-electron chi connectivity index (χ1n) is 10.0. The zero-order valence-corrected chi connectivity index (χ0v) is 17.6. The zero-order valence-electron chi connectivity index (χ0n) is 16.9. The number of carbonyl (C=O) groups excluding carboxylic acids is 1. The highest BCUT2D eigenvalue weighted by atomic mass is 35.5. The second-order valence-electron chi connectivity index (χ2n) is 7.26. The van der Waals surface area contributed by atoms with Crippen molar-refractivity contribution < 1.29 is 9.53 Å². The number of halogens is 1. The molecule has 29 heavy (non-hydrogen) atoms. The summed E-state index contributed by atoms with van der Waals surface area (Å²) in [6.07, 6.45) is 7.92. The lowest BCUT2D eigenvalue weighted by molar-refractivity contribution is -0.126. The van der Waals surface area contributed by atoms with Gasteiger partial charge in [0.15, 0.2) is 0 Å². The van der Waals surface area contributed by atoms with Gasteiger partial charge in [0.25, 0.3) is 0 Å². The van der Waals surface area contributed by atoms with Gasteiger partial charge in [-0.2, -0.15) is 0 Å². The maximum Gasteiger partial charge on any atom is 0.246 e. The Hall–Kier alpha value is -2.21. The molecule has 1 aromatic carbocycles. The molecule has 0 saturated carbocycles. The van der Waals surface area contributed by atoms with E-state index in [0.717, 1.165) is 56.0 Å². The summed E-state index contributed by atoms with van der Waals surface area (Å²) in [4.78, 5) is 21.3. The van der Waals surface area contributed by atoms with E-state index in [0.29, 0.717) is 18.1 Å². The molecule has 5 nitrogen and oxygen atoms in total. The molecule has 1 amide bonds. The molecule has 1 aliphatic rings. The largest absolute Gasteiger partial charge is 0.379 e. The Morgan fingerprint density at radius 1 is 1.24 bits per heavy atom. The van der Waals surface area contributed by atoms with E-state index in [4.69, 9.17) is 16.3 Å². The maximum absolute atomic E-state index is 12.9. The van der Waals surface area contributed by atoms with Gasteiger partial charge in [-0.05, 0) is 54.3 Å². The number of hydrogen-bond acceptors (Lipinski definition) is 4. The first-order chi connectivity index (χ1) is 14.1. The van der Waals surface area contributed by atoms with Gasteiger partial charge in [0.2, 0.25) is 5.91 Å². The number of amides is 1. The molecule has 0 radical (unpaired) electrons. The average molecular weight is 414 g/mol. The van der Waals surface area contributed by atoms with Gasteiger partial charge in [0.05, 0.1) is 13.2 Å². The Kier molecular flexibility index (Phi) is 8.23. The van der Waals surface area contributed by atoms with Gasteiger partial charge in [0, 0.05) is 56.2 Å². The van der Waals surface area contributed by atoms with Crippen LogP contribution < -0.4 is 0 Å². The van der Waals surface area contributed by atoms with Crippen molar-refractivity contribution in [2.24, 2.45) is 0 Å². The number of rotatable bonds is 8. The molecule has 0 bridgehead atoms. The van der Waals surface area contributed by atoms with Gasteiger partial charge in [-0.25, -0.2) is 0 Å². The van der Waals surface area contributed by atoms with Crippen molar-refractivity contribution in [3.8, 4) is 0 Å². The lowest BCUT2D eigenvalue weighted by Crippen LogP contribution is -2.38. The highest BCUT2D eigenvalue weighted by molar-refractivity contribution is 6.31. The van der Waals surface area contributed by atoms with Gasteiger partial charge in [-0.15, -0.1) is 0 Å². The van der Waals surface area contributed by atoms with Crippen LogP contribution in [0.25, 0.3) is 6.08 Å². The van der Waals surface area contributed by atoms with Crippen LogP contribution in [0.4, 0.5) is 0 Å². The van der Waals surface area contributed by atoms with E-state index >= 15 is 0 Å². The van der Waals surface area contributed by atoms with E-state index in [2.05, 4.69) is 9.88 Å². The van der Waals surface area contributed by atoms with E-state index in [1.165, 1.54) is 0 Å². The molecule has 0 atom stereocenters. The summed E-state index contributed by atoms with van der Waals surface area (Å²) in [5.41, 5.74) is 3.02. The fraction of sp³-hybridized carbons (Fsp3) is 0.391. The Balaban J connectivity index is 1.62. The van der Waals surface area contributed by atoms with Crippen molar-refractivity contribution in [3.05, 3.63) is 70.5 Å². The van der Waals surface area contributed by atoms with Gasteiger partial charge in [0.1, 0.15) is 0 Å². The Morgan fingerprint density at radius 3 is 2.72 bits per heavy atom. The van der Waals surface area contributed by atoms with E-state index in [1.807, 2.05) is 48.2 Å². The highest BCUT2D eigenvalue weighted by Gasteiger charge is 2.14. The standard InChI is InChI=1S/C23H28ClN3O2/c1-19-3-4-20(17-22(19)24)5-6-23(28)27(18-21-7-9-25-10-8-21)12-2-11-26-13-15-29-16-14-26/h3-10,17H,2,11-16,18H2,1H3/b6-5+. The highest BCUT2D eigenvalue weighted by Crippen LogP contribution is 2.17. The van der Waals surface area contributed by atoms with Gasteiger partial charge in [-0.3, -0.25) is 14.7 Å². The van der Waals surface area contributed by atoms with Crippen molar-refractivity contribution in [2.45, 2.75) is 19.9 Å². The summed E-state index contributed by atoms with van der Waals surface area (Å²) in [5, 5.41) is 0.707. The van der Waals surface area contributed by atoms with Crippen LogP contribution in [-0.4, -0.2) is 60.1 Å². The van der Waals surface area contributed by atoms with E-state index in [1.54, 1.807) is 18.5 Å². The van der Waals surface area contributed by atoms with Crippen LogP contribution in [0.3, 0.4) is 0 Å². The molecule has 0 unspecified atom stereocenters. The minimum atomic E-state index is 0.000451. The quantitative estimate of drug-likeness (QED) is 0.617. The topological polar surface area (TPSA) is 45.7 Å². The van der Waals surface area contributed by atoms with Gasteiger partial charge in [-0.1, -0.05) is 23.7 Å². The lowest BCUT2D eigenvalue weighted by Gasteiger charge is -2.28. The maximum atomic E-state index is 12.9. The number of benzene rings is 1. The molecule has 6 heteroatoms. The molecule has 3 rings (SSSR count). The van der Waals surface area contributed by atoms with Crippen LogP contribution in [-0.2, 0) is 16.1 Å². The lowest BCUT2D eigenvalue weighted by atomic mass is 10.1. The second kappa shape index (κ2) is 11.1. The third kappa shape index (κ3) is 6.96. The van der Waals surface area contributed by atoms with Gasteiger partial charge >= 0.3 is 0 Å². The number of carbonyl (C=O) groups is 1. The van der Waals surface area contributed by atoms with Crippen LogP contribution in [0.5, 0.6) is 0 Å². The minimum absolute atomic E-state index is 0.000451. The zero-order chi connectivity index (χ0) is 20.5. The summed E-state index contributed by atoms with van der Waals surface area (Å²) in [6, 6.07) is 9.71. The van der Waals surface area contributed by atoms with Crippen molar-refractivity contribution in [2.75, 3.05) is 39.4 Å². The SMILES string of the molecule is Cc1ccc(/C=C/C(=O)N(CCCN2CCOCC2)Cc2ccncc2)cc1Cl. The van der Waals surface area contributed by atoms with Crippen LogP contribution in [0.15, 0.2) is 48.8 Å². The molecule has 154 valence electrons. The molecule has 1 fully saturated rings. The predicted octanol–water partition coefficient (Wildman–Crippen LogP) is 3.81. The van der Waals surface area contributed by atoms with Crippen molar-refractivity contribution in [1.29, 1.82) is 0 Å². The number of morpholine rings is 1. The molecule has 2 heterocycles. The Labute approximate surface area is 177 Å². The number of aryl methyl sites for hydroxylation is 1. The Bertz CT molecular complexity index is 820. The van der Waals surface area contributed by atoms with E-state index < -0.39 is 0 Å². The molecule has 1 aliphatic heterocycles. The number of nitrogens with zero attached hydrogens (tertiary/aromatic N) is 3. The van der Waals surface area contributed by atoms with Gasteiger partial charge < -0.3 is 9.64 Å². The summed E-state index contributed by atoms with van der Waals surface area (Å²) in [7, 11) is 0. The smallest absolute Gasteiger partial charge is 0.246 e. The van der Waals surface area contributed by atoms with Crippen molar-refractivity contribution in [3.63, 3.8) is 0 Å². The monoisotopic (exact) mass is 413 g/mol. The minimum Gasteiger partial charge on any atom is -0.379 e. The summed E-state index contributed by atoms with van der Waals surface area (Å²) in [6.45, 7) is 7.73. The second-order valence-corrected chi connectivity index (χ2v) is 7.67. The van der Waals surface area contributed by atoms with E-state index in [9.17, 15) is 4.79 Å². The Morgan fingerprint density at radius 2 is 2.00 bits per heavy atom. The first kappa shape index (κ1) is 21.5. The molecular weight excluding hydrogens is 386 g/mol. The first-order valence-corrected chi connectivity index (χ1v) is 10.4. The summed E-state index contributed by atoms with van der Waals surface area (Å²) >= 11 is 6.19. The van der Waals surface area contributed by atoms with Crippen molar-refractivity contribution in [1.82, 2.24) is 14.8 Å². The third-order valence-electron chi connectivity index (χ3n) is 5.05. The molecule has 0 N–H and O–H groups in total. The predicted molar refractivity (Wildman–Crippen MR) is 117 cm³/mol. The van der Waals surface area contributed by atoms with Crippen LogP contribution in [0.2, 0.25) is 5.02 Å². The molecular formula is C23H28ClN3O2. The molecule has 1 aromatic heterocycles. The molecule has 1 saturated heterocycles. The fourth-order valence-electron chi connectivity index (χ4n) is 3.27. The average Bonchev–Trinajstić information content (AvgIpc) is 2.75. The molecule has 0 spiro atoms. The third-order valence-corrected chi connectivity index (χ3v) is 5.46. The number of ether oxygens (including phenoxy) is 1. The number of hydrogen-bond donors (Lipinski definition) is 0.